The first-order valence-electron chi connectivity index (χ1n) is 8.94. The van der Waals surface area contributed by atoms with Gasteiger partial charge in [-0.15, -0.1) is 0 Å². The maximum atomic E-state index is 6.15. The van der Waals surface area contributed by atoms with Crippen LogP contribution in [0.1, 0.15) is 44.0 Å². The van der Waals surface area contributed by atoms with Crippen LogP contribution < -0.4 is 11.1 Å². The van der Waals surface area contributed by atoms with Crippen LogP contribution in [0.2, 0.25) is 0 Å². The number of benzene rings is 1. The molecule has 1 aromatic carbocycles. The highest BCUT2D eigenvalue weighted by Crippen LogP contribution is 2.27. The number of rotatable bonds is 8. The summed E-state index contributed by atoms with van der Waals surface area (Å²) in [6, 6.07) is 6.51. The third kappa shape index (κ3) is 3.51. The number of fused-ring (bicyclic) bond motifs is 3. The molecule has 0 saturated heterocycles. The van der Waals surface area contributed by atoms with Crippen LogP contribution in [0.4, 0.5) is 5.82 Å². The molecular weight excluding hydrogens is 298 g/mol. The monoisotopic (exact) mass is 325 g/mol. The Hall–Kier alpha value is -2.14. The Morgan fingerprint density at radius 2 is 2.00 bits per heavy atom. The van der Waals surface area contributed by atoms with Gasteiger partial charge in [0, 0.05) is 11.8 Å². The van der Waals surface area contributed by atoms with Gasteiger partial charge < -0.3 is 16.0 Å². The second-order valence-corrected chi connectivity index (χ2v) is 6.42. The standard InChI is InChI=1S/C19H27N5/c1-3-7-16-23-17-14-10-9-13(8-5-4-6-11-21-2)12-15(14)22-19(20)18(17)24-16/h9-10,12,21H,3-8,11H2,1-2H3,(H2,20,22)(H,23,24). The summed E-state index contributed by atoms with van der Waals surface area (Å²) >= 11 is 0. The quantitative estimate of drug-likeness (QED) is 0.553. The highest BCUT2D eigenvalue weighted by atomic mass is 15.0. The molecule has 3 rings (SSSR count). The molecule has 0 spiro atoms. The van der Waals surface area contributed by atoms with Gasteiger partial charge >= 0.3 is 0 Å². The summed E-state index contributed by atoms with van der Waals surface area (Å²) in [6.45, 7) is 3.24. The van der Waals surface area contributed by atoms with E-state index < -0.39 is 0 Å². The van der Waals surface area contributed by atoms with E-state index >= 15 is 0 Å². The van der Waals surface area contributed by atoms with Crippen molar-refractivity contribution in [2.24, 2.45) is 0 Å². The van der Waals surface area contributed by atoms with Gasteiger partial charge in [-0.3, -0.25) is 0 Å². The van der Waals surface area contributed by atoms with Gasteiger partial charge in [0.1, 0.15) is 22.7 Å². The van der Waals surface area contributed by atoms with Crippen LogP contribution in [0.3, 0.4) is 0 Å². The van der Waals surface area contributed by atoms with Crippen molar-refractivity contribution in [2.75, 3.05) is 19.3 Å². The van der Waals surface area contributed by atoms with Crippen molar-refractivity contribution in [3.8, 4) is 0 Å². The number of hydrogen-bond donors (Lipinski definition) is 3. The first-order valence-corrected chi connectivity index (χ1v) is 8.94. The first kappa shape index (κ1) is 16.7. The van der Waals surface area contributed by atoms with Crippen LogP contribution in [0.15, 0.2) is 18.2 Å². The minimum atomic E-state index is 0.540. The fourth-order valence-electron chi connectivity index (χ4n) is 3.18. The maximum Gasteiger partial charge on any atom is 0.150 e. The number of nitrogens with one attached hydrogen (secondary N) is 2. The lowest BCUT2D eigenvalue weighted by Gasteiger charge is -2.05. The minimum absolute atomic E-state index is 0.540. The summed E-state index contributed by atoms with van der Waals surface area (Å²) in [7, 11) is 2.00. The number of aromatic amines is 1. The van der Waals surface area contributed by atoms with Gasteiger partial charge in [0.05, 0.1) is 5.52 Å². The molecule has 0 saturated carbocycles. The second kappa shape index (κ2) is 7.62. The summed E-state index contributed by atoms with van der Waals surface area (Å²) in [4.78, 5) is 12.6. The van der Waals surface area contributed by atoms with Crippen molar-refractivity contribution in [3.05, 3.63) is 29.6 Å². The summed E-state index contributed by atoms with van der Waals surface area (Å²) < 4.78 is 0. The lowest BCUT2D eigenvalue weighted by molar-refractivity contribution is 0.642. The fourth-order valence-corrected chi connectivity index (χ4v) is 3.18. The largest absolute Gasteiger partial charge is 0.382 e. The Kier molecular flexibility index (Phi) is 5.30. The van der Waals surface area contributed by atoms with Gasteiger partial charge in [0.25, 0.3) is 0 Å². The average Bonchev–Trinajstić information content (AvgIpc) is 2.99. The molecule has 0 aliphatic carbocycles. The number of unbranched alkanes of at least 4 members (excludes halogenated alkanes) is 2. The highest BCUT2D eigenvalue weighted by molar-refractivity contribution is 6.06. The Labute approximate surface area is 143 Å². The van der Waals surface area contributed by atoms with Gasteiger partial charge in [-0.05, 0) is 50.9 Å². The number of hydrogen-bond acceptors (Lipinski definition) is 4. The van der Waals surface area contributed by atoms with E-state index in [4.69, 9.17) is 10.7 Å². The van der Waals surface area contributed by atoms with E-state index in [0.29, 0.717) is 5.82 Å². The van der Waals surface area contributed by atoms with Crippen molar-refractivity contribution in [1.82, 2.24) is 20.3 Å². The molecule has 24 heavy (non-hydrogen) atoms. The lowest BCUT2D eigenvalue weighted by Crippen LogP contribution is -2.07. The van der Waals surface area contributed by atoms with Crippen molar-refractivity contribution < 1.29 is 0 Å². The number of H-pyrrole nitrogens is 1. The molecule has 5 nitrogen and oxygen atoms in total. The van der Waals surface area contributed by atoms with Crippen molar-refractivity contribution in [3.63, 3.8) is 0 Å². The number of anilines is 1. The summed E-state index contributed by atoms with van der Waals surface area (Å²) in [5.41, 5.74) is 10.2. The second-order valence-electron chi connectivity index (χ2n) is 6.42. The molecule has 0 atom stereocenters. The lowest BCUT2D eigenvalue weighted by atomic mass is 10.0. The van der Waals surface area contributed by atoms with Gasteiger partial charge in [0.2, 0.25) is 0 Å². The van der Waals surface area contributed by atoms with Crippen molar-refractivity contribution in [2.45, 2.75) is 45.4 Å². The third-order valence-corrected chi connectivity index (χ3v) is 4.45. The molecule has 0 fully saturated rings. The molecule has 3 aromatic rings. The topological polar surface area (TPSA) is 79.6 Å². The van der Waals surface area contributed by atoms with E-state index in [1.165, 1.54) is 24.8 Å². The normalized spacial score (nSPS) is 11.6. The smallest absolute Gasteiger partial charge is 0.150 e. The Bertz CT molecular complexity index is 821. The maximum absolute atomic E-state index is 6.15. The highest BCUT2D eigenvalue weighted by Gasteiger charge is 2.11. The number of nitrogen functional groups attached to an aromatic ring is 1. The van der Waals surface area contributed by atoms with Gasteiger partial charge in [-0.1, -0.05) is 25.5 Å². The van der Waals surface area contributed by atoms with Crippen LogP contribution in [0.5, 0.6) is 0 Å². The molecule has 0 aliphatic heterocycles. The Morgan fingerprint density at radius 1 is 1.12 bits per heavy atom. The van der Waals surface area contributed by atoms with E-state index in [0.717, 1.165) is 53.6 Å². The van der Waals surface area contributed by atoms with E-state index in [1.54, 1.807) is 0 Å². The number of nitrogens with two attached hydrogens (primary N) is 1. The van der Waals surface area contributed by atoms with E-state index in [1.807, 2.05) is 7.05 Å². The molecule has 128 valence electrons. The molecule has 2 heterocycles. The average molecular weight is 325 g/mol. The molecule has 0 unspecified atom stereocenters. The zero-order valence-electron chi connectivity index (χ0n) is 14.7. The molecule has 0 bridgehead atoms. The molecule has 0 amide bonds. The van der Waals surface area contributed by atoms with Gasteiger partial charge in [-0.2, -0.15) is 0 Å². The van der Waals surface area contributed by atoms with Gasteiger partial charge in [0.15, 0.2) is 0 Å². The zero-order valence-corrected chi connectivity index (χ0v) is 14.7. The fraction of sp³-hybridized carbons (Fsp3) is 0.474. The van der Waals surface area contributed by atoms with Crippen molar-refractivity contribution >= 4 is 27.8 Å². The Balaban J connectivity index is 1.85. The van der Waals surface area contributed by atoms with Crippen LogP contribution in [-0.4, -0.2) is 28.5 Å². The number of nitrogens with zero attached hydrogens (tertiary/aromatic N) is 2. The third-order valence-electron chi connectivity index (χ3n) is 4.45. The van der Waals surface area contributed by atoms with E-state index in [-0.39, 0.29) is 0 Å². The molecule has 0 aliphatic rings. The van der Waals surface area contributed by atoms with Crippen molar-refractivity contribution in [1.29, 1.82) is 0 Å². The summed E-state index contributed by atoms with van der Waals surface area (Å²) in [5.74, 6) is 1.53. The van der Waals surface area contributed by atoms with Crippen LogP contribution >= 0.6 is 0 Å². The summed E-state index contributed by atoms with van der Waals surface area (Å²) in [6.07, 6.45) is 6.74. The molecule has 2 aromatic heterocycles. The molecule has 5 heteroatoms. The minimum Gasteiger partial charge on any atom is -0.382 e. The predicted molar refractivity (Wildman–Crippen MR) is 101 cm³/mol. The molecular formula is C19H27N5. The number of pyridine rings is 1. The summed E-state index contributed by atoms with van der Waals surface area (Å²) in [5, 5.41) is 4.27. The predicted octanol–water partition coefficient (Wildman–Crippen LogP) is 3.58. The molecule has 4 N–H and O–H groups in total. The zero-order chi connectivity index (χ0) is 16.9. The number of aromatic nitrogens is 3. The Morgan fingerprint density at radius 3 is 2.79 bits per heavy atom. The van der Waals surface area contributed by atoms with E-state index in [2.05, 4.69) is 40.4 Å². The van der Waals surface area contributed by atoms with E-state index in [9.17, 15) is 0 Å². The number of aryl methyl sites for hydroxylation is 2. The molecule has 0 radical (unpaired) electrons. The van der Waals surface area contributed by atoms with Gasteiger partial charge in [-0.25, -0.2) is 9.97 Å². The SMILES string of the molecule is CCCc1nc2c([nH]1)c(N)nc1cc(CCCCCNC)ccc12. The number of imidazole rings is 1. The first-order chi connectivity index (χ1) is 11.7. The van der Waals surface area contributed by atoms with Crippen LogP contribution in [0, 0.1) is 0 Å². The van der Waals surface area contributed by atoms with Crippen LogP contribution in [0.25, 0.3) is 21.9 Å². The van der Waals surface area contributed by atoms with Crippen LogP contribution in [-0.2, 0) is 12.8 Å².